The summed E-state index contributed by atoms with van der Waals surface area (Å²) in [5, 5.41) is 4.58. The molecule has 3 rings (SSSR count). The predicted molar refractivity (Wildman–Crippen MR) is 81.1 cm³/mol. The fourth-order valence-corrected chi connectivity index (χ4v) is 3.59. The predicted octanol–water partition coefficient (Wildman–Crippen LogP) is 3.92. The number of fused-ring (bicyclic) bond motifs is 2. The van der Waals surface area contributed by atoms with Crippen molar-refractivity contribution >= 4 is 38.3 Å². The van der Waals surface area contributed by atoms with Gasteiger partial charge in [-0.15, -0.1) is 0 Å². The van der Waals surface area contributed by atoms with Gasteiger partial charge in [0.05, 0.1) is 10.6 Å². The number of hydrogen-bond acceptors (Lipinski definition) is 2. The van der Waals surface area contributed by atoms with E-state index in [1.165, 1.54) is 5.57 Å². The Morgan fingerprint density at radius 3 is 3.00 bits per heavy atom. The van der Waals surface area contributed by atoms with Crippen LogP contribution in [-0.2, 0) is 0 Å². The minimum atomic E-state index is 0.00439. The van der Waals surface area contributed by atoms with Crippen LogP contribution in [0.5, 0.6) is 0 Å². The summed E-state index contributed by atoms with van der Waals surface area (Å²) in [6.07, 6.45) is 1.09. The van der Waals surface area contributed by atoms with Crippen molar-refractivity contribution in [1.82, 2.24) is 4.90 Å². The van der Waals surface area contributed by atoms with E-state index in [1.54, 1.807) is 0 Å². The first-order chi connectivity index (χ1) is 8.49. The molecule has 1 saturated heterocycles. The minimum Gasteiger partial charge on any atom is -0.375 e. The third kappa shape index (κ3) is 1.89. The third-order valence-electron chi connectivity index (χ3n) is 3.98. The second-order valence-electron chi connectivity index (χ2n) is 5.43. The van der Waals surface area contributed by atoms with E-state index in [-0.39, 0.29) is 5.54 Å². The molecule has 0 saturated carbocycles. The fourth-order valence-electron chi connectivity index (χ4n) is 2.81. The summed E-state index contributed by atoms with van der Waals surface area (Å²) in [7, 11) is 2.15. The second kappa shape index (κ2) is 4.26. The highest BCUT2D eigenvalue weighted by atomic mass is 79.9. The van der Waals surface area contributed by atoms with Gasteiger partial charge >= 0.3 is 0 Å². The molecule has 2 heterocycles. The molecule has 0 amide bonds. The van der Waals surface area contributed by atoms with Crippen LogP contribution >= 0.6 is 27.5 Å². The van der Waals surface area contributed by atoms with Crippen molar-refractivity contribution in [3.8, 4) is 0 Å². The highest BCUT2D eigenvalue weighted by molar-refractivity contribution is 9.10. The third-order valence-corrected chi connectivity index (χ3v) is 4.91. The van der Waals surface area contributed by atoms with E-state index in [2.05, 4.69) is 58.3 Å². The summed E-state index contributed by atoms with van der Waals surface area (Å²) in [4.78, 5) is 2.32. The van der Waals surface area contributed by atoms with Crippen molar-refractivity contribution < 1.29 is 0 Å². The van der Waals surface area contributed by atoms with Gasteiger partial charge in [-0.05, 0) is 44.2 Å². The Bertz CT molecular complexity index is 541. The van der Waals surface area contributed by atoms with Crippen LogP contribution in [-0.4, -0.2) is 30.6 Å². The summed E-state index contributed by atoms with van der Waals surface area (Å²) < 4.78 is 1.06. The zero-order chi connectivity index (χ0) is 12.9. The van der Waals surface area contributed by atoms with Crippen molar-refractivity contribution in [3.63, 3.8) is 0 Å². The quantitative estimate of drug-likeness (QED) is 0.777. The first kappa shape index (κ1) is 12.5. The Morgan fingerprint density at radius 2 is 2.22 bits per heavy atom. The van der Waals surface area contributed by atoms with E-state index in [0.717, 1.165) is 40.3 Å². The summed E-state index contributed by atoms with van der Waals surface area (Å²) in [5.74, 6) is 0. The number of likely N-dealkylation sites (N-methyl/N-ethyl adjacent to an activating group) is 1. The average Bonchev–Trinajstić information content (AvgIpc) is 2.33. The van der Waals surface area contributed by atoms with Gasteiger partial charge in [0, 0.05) is 28.8 Å². The van der Waals surface area contributed by atoms with Gasteiger partial charge in [0.2, 0.25) is 0 Å². The molecule has 1 aromatic carbocycles. The molecule has 0 bridgehead atoms. The van der Waals surface area contributed by atoms with Gasteiger partial charge in [-0.1, -0.05) is 27.5 Å². The second-order valence-corrected chi connectivity index (χ2v) is 6.72. The number of piperidine rings is 1. The molecule has 2 nitrogen and oxygen atoms in total. The van der Waals surface area contributed by atoms with Crippen molar-refractivity contribution in [2.45, 2.75) is 18.9 Å². The van der Waals surface area contributed by atoms with Crippen molar-refractivity contribution in [2.24, 2.45) is 0 Å². The highest BCUT2D eigenvalue weighted by Gasteiger charge is 2.39. The lowest BCUT2D eigenvalue weighted by atomic mass is 9.80. The lowest BCUT2D eigenvalue weighted by molar-refractivity contribution is 0.275. The molecule has 18 heavy (non-hydrogen) atoms. The summed E-state index contributed by atoms with van der Waals surface area (Å²) in [6.45, 7) is 4.29. The van der Waals surface area contributed by atoms with Crippen LogP contribution in [0.15, 0.2) is 28.2 Å². The lowest BCUT2D eigenvalue weighted by Gasteiger charge is -2.45. The molecule has 1 fully saturated rings. The van der Waals surface area contributed by atoms with Gasteiger partial charge in [-0.3, -0.25) is 0 Å². The molecular formula is C14H16BrClN2. The van der Waals surface area contributed by atoms with E-state index in [0.29, 0.717) is 0 Å². The number of anilines is 1. The number of likely N-dealkylation sites (tertiary alicyclic amines) is 1. The fraction of sp³-hybridized carbons (Fsp3) is 0.429. The zero-order valence-electron chi connectivity index (χ0n) is 10.6. The first-order valence-electron chi connectivity index (χ1n) is 6.15. The maximum atomic E-state index is 6.64. The number of nitrogens with zero attached hydrogens (tertiary/aromatic N) is 1. The van der Waals surface area contributed by atoms with E-state index in [1.807, 2.05) is 0 Å². The number of benzene rings is 1. The standard InChI is InChI=1S/C14H16BrClN2/c1-14-5-6-18(2)8-11(14)13(16)10-7-9(15)3-4-12(10)17-14/h3-4,7,17H,5-6,8H2,1-2H3. The Kier molecular flexibility index (Phi) is 2.96. The van der Waals surface area contributed by atoms with E-state index in [9.17, 15) is 0 Å². The Hall–Kier alpha value is -0.510. The normalized spacial score (nSPS) is 27.6. The van der Waals surface area contributed by atoms with Crippen LogP contribution in [0.2, 0.25) is 0 Å². The molecule has 0 aromatic heterocycles. The van der Waals surface area contributed by atoms with Crippen LogP contribution in [0.1, 0.15) is 18.9 Å². The van der Waals surface area contributed by atoms with Gasteiger partial charge in [0.1, 0.15) is 0 Å². The molecule has 4 heteroatoms. The molecule has 0 radical (unpaired) electrons. The SMILES string of the molecule is CN1CCC2(C)Nc3ccc(Br)cc3C(Cl)=C2C1. The van der Waals surface area contributed by atoms with Gasteiger partial charge in [0.15, 0.2) is 0 Å². The number of hydrogen-bond donors (Lipinski definition) is 1. The van der Waals surface area contributed by atoms with E-state index in [4.69, 9.17) is 11.6 Å². The molecule has 2 aliphatic rings. The zero-order valence-corrected chi connectivity index (χ0v) is 12.9. The summed E-state index contributed by atoms with van der Waals surface area (Å²) in [6, 6.07) is 6.24. The maximum absolute atomic E-state index is 6.64. The van der Waals surface area contributed by atoms with Crippen LogP contribution in [0.4, 0.5) is 5.69 Å². The highest BCUT2D eigenvalue weighted by Crippen LogP contribution is 2.44. The van der Waals surface area contributed by atoms with Crippen LogP contribution in [0, 0.1) is 0 Å². The topological polar surface area (TPSA) is 15.3 Å². The average molecular weight is 328 g/mol. The van der Waals surface area contributed by atoms with Crippen LogP contribution < -0.4 is 5.32 Å². The van der Waals surface area contributed by atoms with Gasteiger partial charge in [0.25, 0.3) is 0 Å². The number of nitrogens with one attached hydrogen (secondary N) is 1. The van der Waals surface area contributed by atoms with Crippen LogP contribution in [0.25, 0.3) is 5.03 Å². The van der Waals surface area contributed by atoms with E-state index < -0.39 is 0 Å². The molecule has 1 N–H and O–H groups in total. The molecule has 1 unspecified atom stereocenters. The Balaban J connectivity index is 2.16. The minimum absolute atomic E-state index is 0.00439. The molecule has 1 atom stereocenters. The Labute approximate surface area is 121 Å². The molecule has 0 spiro atoms. The van der Waals surface area contributed by atoms with Crippen molar-refractivity contribution in [3.05, 3.63) is 33.8 Å². The molecule has 0 aliphatic carbocycles. The van der Waals surface area contributed by atoms with Crippen molar-refractivity contribution in [2.75, 3.05) is 25.5 Å². The largest absolute Gasteiger partial charge is 0.375 e. The molecule has 2 aliphatic heterocycles. The van der Waals surface area contributed by atoms with Gasteiger partial charge in [-0.25, -0.2) is 0 Å². The van der Waals surface area contributed by atoms with Crippen LogP contribution in [0.3, 0.4) is 0 Å². The molecule has 1 aromatic rings. The summed E-state index contributed by atoms with van der Waals surface area (Å²) >= 11 is 10.2. The van der Waals surface area contributed by atoms with E-state index >= 15 is 0 Å². The summed E-state index contributed by atoms with van der Waals surface area (Å²) in [5.41, 5.74) is 3.56. The maximum Gasteiger partial charge on any atom is 0.0599 e. The number of halogens is 2. The monoisotopic (exact) mass is 326 g/mol. The molecule has 96 valence electrons. The Morgan fingerprint density at radius 1 is 1.44 bits per heavy atom. The molecular weight excluding hydrogens is 312 g/mol. The number of rotatable bonds is 0. The van der Waals surface area contributed by atoms with Gasteiger partial charge < -0.3 is 10.2 Å². The smallest absolute Gasteiger partial charge is 0.0599 e. The lowest BCUT2D eigenvalue weighted by Crippen LogP contribution is -2.50. The van der Waals surface area contributed by atoms with Crippen molar-refractivity contribution in [1.29, 1.82) is 0 Å². The first-order valence-corrected chi connectivity index (χ1v) is 7.32. The van der Waals surface area contributed by atoms with Gasteiger partial charge in [-0.2, -0.15) is 0 Å².